The average Bonchev–Trinajstić information content (AvgIpc) is 2.15. The van der Waals surface area contributed by atoms with Crippen LogP contribution in [0.4, 0.5) is 0 Å². The lowest BCUT2D eigenvalue weighted by Gasteiger charge is -2.01. The minimum absolute atomic E-state index is 0.665. The Bertz CT molecular complexity index is 222. The number of rotatable bonds is 4. The molecule has 1 rings (SSSR count). The summed E-state index contributed by atoms with van der Waals surface area (Å²) in [6.07, 6.45) is 3.88. The smallest absolute Gasteiger partial charge is 0.0957 e. The molecule has 12 heavy (non-hydrogen) atoms. The zero-order chi connectivity index (χ0) is 8.81. The summed E-state index contributed by atoms with van der Waals surface area (Å²) in [4.78, 5) is 4.23. The maximum absolute atomic E-state index is 5.25. The van der Waals surface area contributed by atoms with Crippen molar-refractivity contribution in [3.8, 4) is 0 Å². The van der Waals surface area contributed by atoms with Crippen molar-refractivity contribution in [3.05, 3.63) is 23.9 Å². The van der Waals surface area contributed by atoms with E-state index in [1.165, 1.54) is 0 Å². The van der Waals surface area contributed by atoms with Gasteiger partial charge < -0.3 is 4.74 Å². The molecular weight excluding hydrogens is 170 g/mol. The summed E-state index contributed by atoms with van der Waals surface area (Å²) < 4.78 is 5.25. The molecule has 0 radical (unpaired) electrons. The summed E-state index contributed by atoms with van der Waals surface area (Å²) >= 11 is 1.65. The van der Waals surface area contributed by atoms with Crippen LogP contribution >= 0.6 is 11.8 Å². The van der Waals surface area contributed by atoms with Crippen molar-refractivity contribution in [1.82, 2.24) is 4.98 Å². The summed E-state index contributed by atoms with van der Waals surface area (Å²) in [5, 5.41) is 1.05. The maximum Gasteiger partial charge on any atom is 0.0957 e. The van der Waals surface area contributed by atoms with Crippen LogP contribution < -0.4 is 0 Å². The van der Waals surface area contributed by atoms with Gasteiger partial charge in [-0.15, -0.1) is 11.8 Å². The number of hydrogen-bond acceptors (Lipinski definition) is 3. The first-order valence-corrected chi connectivity index (χ1v) is 5.16. The van der Waals surface area contributed by atoms with Gasteiger partial charge in [-0.2, -0.15) is 0 Å². The molecule has 0 fully saturated rings. The molecule has 0 aliphatic carbocycles. The molecule has 0 aliphatic rings. The van der Waals surface area contributed by atoms with Gasteiger partial charge in [0.2, 0.25) is 0 Å². The first-order valence-electron chi connectivity index (χ1n) is 3.93. The second kappa shape index (κ2) is 5.17. The second-order valence-electron chi connectivity index (χ2n) is 2.35. The van der Waals surface area contributed by atoms with Crippen LogP contribution in [0.1, 0.15) is 12.5 Å². The van der Waals surface area contributed by atoms with Gasteiger partial charge in [-0.3, -0.25) is 0 Å². The average molecular weight is 183 g/mol. The lowest BCUT2D eigenvalue weighted by atomic mass is 10.3. The molecule has 66 valence electrons. The monoisotopic (exact) mass is 183 g/mol. The highest BCUT2D eigenvalue weighted by molar-refractivity contribution is 7.98. The molecular formula is C9H13NOS. The van der Waals surface area contributed by atoms with Crippen molar-refractivity contribution < 1.29 is 4.74 Å². The summed E-state index contributed by atoms with van der Waals surface area (Å²) in [7, 11) is 0. The van der Waals surface area contributed by atoms with E-state index in [9.17, 15) is 0 Å². The zero-order valence-corrected chi connectivity index (χ0v) is 8.23. The first-order chi connectivity index (χ1) is 5.86. The van der Waals surface area contributed by atoms with Gasteiger partial charge in [0.25, 0.3) is 0 Å². The van der Waals surface area contributed by atoms with Gasteiger partial charge in [0, 0.05) is 12.8 Å². The minimum Gasteiger partial charge on any atom is -0.377 e. The van der Waals surface area contributed by atoms with Gasteiger partial charge in [0.15, 0.2) is 0 Å². The molecule has 0 unspecified atom stereocenters. The normalized spacial score (nSPS) is 10.2. The van der Waals surface area contributed by atoms with Gasteiger partial charge in [-0.25, -0.2) is 4.98 Å². The topological polar surface area (TPSA) is 22.1 Å². The molecule has 1 heterocycles. The number of ether oxygens (including phenoxy) is 1. The second-order valence-corrected chi connectivity index (χ2v) is 3.17. The molecule has 0 aliphatic heterocycles. The van der Waals surface area contributed by atoms with Gasteiger partial charge >= 0.3 is 0 Å². The van der Waals surface area contributed by atoms with E-state index in [1.807, 2.05) is 25.4 Å². The molecule has 0 saturated heterocycles. The van der Waals surface area contributed by atoms with Crippen LogP contribution in [-0.2, 0) is 11.3 Å². The summed E-state index contributed by atoms with van der Waals surface area (Å²) in [5.74, 6) is 0. The molecule has 1 aromatic heterocycles. The maximum atomic E-state index is 5.25. The Morgan fingerprint density at radius 1 is 1.50 bits per heavy atom. The predicted octanol–water partition coefficient (Wildman–Crippen LogP) is 2.34. The van der Waals surface area contributed by atoms with E-state index in [1.54, 1.807) is 11.8 Å². The van der Waals surface area contributed by atoms with Gasteiger partial charge in [-0.05, 0) is 24.8 Å². The number of aromatic nitrogens is 1. The number of nitrogens with zero attached hydrogens (tertiary/aromatic N) is 1. The molecule has 0 saturated carbocycles. The molecule has 3 heteroatoms. The Hall–Kier alpha value is -0.540. The fourth-order valence-electron chi connectivity index (χ4n) is 0.837. The lowest BCUT2D eigenvalue weighted by molar-refractivity contribution is 0.134. The minimum atomic E-state index is 0.665. The van der Waals surface area contributed by atoms with Crippen LogP contribution in [0.2, 0.25) is 0 Å². The van der Waals surface area contributed by atoms with E-state index >= 15 is 0 Å². The third kappa shape index (κ3) is 2.83. The lowest BCUT2D eigenvalue weighted by Crippen LogP contribution is -1.92. The van der Waals surface area contributed by atoms with Crippen LogP contribution in [0.25, 0.3) is 0 Å². The third-order valence-electron chi connectivity index (χ3n) is 1.48. The fraction of sp³-hybridized carbons (Fsp3) is 0.444. The summed E-state index contributed by atoms with van der Waals surface area (Å²) in [5.41, 5.74) is 1.13. The fourth-order valence-corrected chi connectivity index (χ4v) is 1.20. The Morgan fingerprint density at radius 3 is 2.83 bits per heavy atom. The third-order valence-corrected chi connectivity index (χ3v) is 2.14. The van der Waals surface area contributed by atoms with Gasteiger partial charge in [-0.1, -0.05) is 6.07 Å². The van der Waals surface area contributed by atoms with Crippen molar-refractivity contribution in [2.45, 2.75) is 18.6 Å². The highest BCUT2D eigenvalue weighted by Gasteiger charge is 1.93. The van der Waals surface area contributed by atoms with E-state index < -0.39 is 0 Å². The summed E-state index contributed by atoms with van der Waals surface area (Å²) in [6, 6.07) is 4.06. The van der Waals surface area contributed by atoms with Crippen LogP contribution in [0.5, 0.6) is 0 Å². The van der Waals surface area contributed by atoms with E-state index in [-0.39, 0.29) is 0 Å². The van der Waals surface area contributed by atoms with Crippen molar-refractivity contribution in [1.29, 1.82) is 0 Å². The predicted molar refractivity (Wildman–Crippen MR) is 51.3 cm³/mol. The number of pyridine rings is 1. The molecule has 0 spiro atoms. The molecule has 0 aromatic carbocycles. The van der Waals surface area contributed by atoms with Crippen LogP contribution in [-0.4, -0.2) is 17.8 Å². The van der Waals surface area contributed by atoms with Gasteiger partial charge in [0.05, 0.1) is 11.6 Å². The zero-order valence-electron chi connectivity index (χ0n) is 7.41. The standard InChI is InChI=1S/C9H13NOS/c1-3-11-7-8-4-5-9(12-2)10-6-8/h4-6H,3,7H2,1-2H3. The molecule has 0 N–H and O–H groups in total. The van der Waals surface area contributed by atoms with Crippen LogP contribution in [0.3, 0.4) is 0 Å². The first kappa shape index (κ1) is 9.55. The largest absolute Gasteiger partial charge is 0.377 e. The molecule has 0 amide bonds. The Labute approximate surface area is 77.3 Å². The van der Waals surface area contributed by atoms with Crippen LogP contribution in [0, 0.1) is 0 Å². The Kier molecular flexibility index (Phi) is 4.11. The van der Waals surface area contributed by atoms with Crippen molar-refractivity contribution in [3.63, 3.8) is 0 Å². The van der Waals surface area contributed by atoms with Crippen molar-refractivity contribution >= 4 is 11.8 Å². The molecule has 2 nitrogen and oxygen atoms in total. The van der Waals surface area contributed by atoms with E-state index in [0.29, 0.717) is 6.61 Å². The molecule has 1 aromatic rings. The quantitative estimate of drug-likeness (QED) is 0.669. The molecule has 0 atom stereocenters. The number of hydrogen-bond donors (Lipinski definition) is 0. The number of thioether (sulfide) groups is 1. The highest BCUT2D eigenvalue weighted by Crippen LogP contribution is 2.11. The summed E-state index contributed by atoms with van der Waals surface area (Å²) in [6.45, 7) is 3.41. The van der Waals surface area contributed by atoms with Crippen molar-refractivity contribution in [2.75, 3.05) is 12.9 Å². The Balaban J connectivity index is 2.53. The Morgan fingerprint density at radius 2 is 2.33 bits per heavy atom. The van der Waals surface area contributed by atoms with E-state index in [0.717, 1.165) is 17.2 Å². The van der Waals surface area contributed by atoms with Gasteiger partial charge in [0.1, 0.15) is 0 Å². The SMILES string of the molecule is CCOCc1ccc(SC)nc1. The van der Waals surface area contributed by atoms with E-state index in [2.05, 4.69) is 11.1 Å². The highest BCUT2D eigenvalue weighted by atomic mass is 32.2. The molecule has 0 bridgehead atoms. The van der Waals surface area contributed by atoms with Crippen molar-refractivity contribution in [2.24, 2.45) is 0 Å². The van der Waals surface area contributed by atoms with Crippen LogP contribution in [0.15, 0.2) is 23.4 Å². The van der Waals surface area contributed by atoms with E-state index in [4.69, 9.17) is 4.74 Å².